The molecule has 3 aliphatic rings. The molecular weight excluding hydrogens is 271 g/mol. The predicted molar refractivity (Wildman–Crippen MR) is 79.0 cm³/mol. The quantitative estimate of drug-likeness (QED) is 0.747. The standard InChI is InChI=1S/C9H15NO.C7H6FNO/c1-10-5-4-7-2-3-8(11)6-9(7)10;8-7-9-5-3-1-2-4-6(5)10-7/h7,9H,2-6H2,1H3;1-4,7,9H. The zero-order chi connectivity index (χ0) is 14.8. The highest BCUT2D eigenvalue weighted by Crippen LogP contribution is 2.33. The van der Waals surface area contributed by atoms with Crippen LogP contribution < -0.4 is 10.1 Å². The summed E-state index contributed by atoms with van der Waals surface area (Å²) in [6.07, 6.45) is 4.12. The van der Waals surface area contributed by atoms with Gasteiger partial charge in [0.2, 0.25) is 0 Å². The zero-order valence-corrected chi connectivity index (χ0v) is 12.2. The van der Waals surface area contributed by atoms with Crippen LogP contribution in [0, 0.1) is 5.92 Å². The van der Waals surface area contributed by atoms with Gasteiger partial charge in [-0.3, -0.25) is 4.79 Å². The van der Waals surface area contributed by atoms with Crippen LogP contribution in [0.2, 0.25) is 0 Å². The lowest BCUT2D eigenvalue weighted by Crippen LogP contribution is -2.35. The summed E-state index contributed by atoms with van der Waals surface area (Å²) in [6.45, 7) is -0.180. The van der Waals surface area contributed by atoms with Crippen LogP contribution in [0.4, 0.5) is 10.1 Å². The number of halogens is 1. The van der Waals surface area contributed by atoms with Gasteiger partial charge in [-0.1, -0.05) is 12.1 Å². The second-order valence-electron chi connectivity index (χ2n) is 5.95. The van der Waals surface area contributed by atoms with E-state index in [1.807, 2.05) is 6.07 Å². The molecule has 0 bridgehead atoms. The van der Waals surface area contributed by atoms with E-state index < -0.39 is 6.48 Å². The minimum atomic E-state index is -1.38. The number of hydrogen-bond donors (Lipinski definition) is 1. The number of hydrogen-bond acceptors (Lipinski definition) is 4. The summed E-state index contributed by atoms with van der Waals surface area (Å²) in [5.74, 6) is 1.88. The van der Waals surface area contributed by atoms with E-state index in [9.17, 15) is 9.18 Å². The van der Waals surface area contributed by atoms with E-state index in [4.69, 9.17) is 4.74 Å². The number of rotatable bonds is 0. The van der Waals surface area contributed by atoms with E-state index in [-0.39, 0.29) is 0 Å². The largest absolute Gasteiger partial charge is 0.441 e. The second kappa shape index (κ2) is 6.02. The van der Waals surface area contributed by atoms with Gasteiger partial charge in [0, 0.05) is 18.9 Å². The highest BCUT2D eigenvalue weighted by atomic mass is 19.1. The summed E-state index contributed by atoms with van der Waals surface area (Å²) in [5, 5.41) is 2.51. The Morgan fingerprint density at radius 3 is 2.95 bits per heavy atom. The lowest BCUT2D eigenvalue weighted by atomic mass is 9.84. The number of ketones is 1. The highest BCUT2D eigenvalue weighted by Gasteiger charge is 2.36. The third-order valence-corrected chi connectivity index (χ3v) is 4.58. The number of fused-ring (bicyclic) bond motifs is 2. The number of benzene rings is 1. The van der Waals surface area contributed by atoms with Crippen LogP contribution >= 0.6 is 0 Å². The fourth-order valence-corrected chi connectivity index (χ4v) is 3.38. The van der Waals surface area contributed by atoms with Gasteiger partial charge in [0.15, 0.2) is 0 Å². The number of likely N-dealkylation sites (tertiary alicyclic amines) is 1. The van der Waals surface area contributed by atoms with Gasteiger partial charge in [-0.05, 0) is 44.5 Å². The van der Waals surface area contributed by atoms with E-state index in [1.165, 1.54) is 13.0 Å². The normalized spacial score (nSPS) is 30.6. The van der Waals surface area contributed by atoms with Gasteiger partial charge in [-0.15, -0.1) is 0 Å². The topological polar surface area (TPSA) is 41.6 Å². The molecule has 21 heavy (non-hydrogen) atoms. The molecule has 3 atom stereocenters. The first kappa shape index (κ1) is 14.3. The molecule has 2 heterocycles. The van der Waals surface area contributed by atoms with Crippen LogP contribution in [0.3, 0.4) is 0 Å². The van der Waals surface area contributed by atoms with Crippen molar-refractivity contribution in [3.05, 3.63) is 24.3 Å². The molecule has 1 aromatic carbocycles. The van der Waals surface area contributed by atoms with Gasteiger partial charge in [0.05, 0.1) is 5.69 Å². The van der Waals surface area contributed by atoms with Crippen molar-refractivity contribution in [2.75, 3.05) is 18.9 Å². The van der Waals surface area contributed by atoms with E-state index in [1.54, 1.807) is 18.2 Å². The molecule has 4 rings (SSSR count). The number of nitrogens with zero attached hydrogens (tertiary/aromatic N) is 1. The Balaban J connectivity index is 0.000000126. The number of carbonyl (C=O) groups is 1. The van der Waals surface area contributed by atoms with Crippen molar-refractivity contribution < 1.29 is 13.9 Å². The average Bonchev–Trinajstić information content (AvgIpc) is 3.02. The molecule has 5 heteroatoms. The monoisotopic (exact) mass is 292 g/mol. The number of anilines is 1. The molecule has 2 aliphatic heterocycles. The molecule has 4 nitrogen and oxygen atoms in total. The minimum Gasteiger partial charge on any atom is -0.441 e. The van der Waals surface area contributed by atoms with Crippen LogP contribution in [0.5, 0.6) is 5.75 Å². The third kappa shape index (κ3) is 3.18. The molecule has 0 aromatic heterocycles. The van der Waals surface area contributed by atoms with Gasteiger partial charge in [-0.2, -0.15) is 4.39 Å². The van der Waals surface area contributed by atoms with Crippen molar-refractivity contribution in [1.29, 1.82) is 0 Å². The summed E-state index contributed by atoms with van der Waals surface area (Å²) in [6, 6.07) is 7.72. The van der Waals surface area contributed by atoms with Gasteiger partial charge in [0.1, 0.15) is 11.5 Å². The van der Waals surface area contributed by atoms with Crippen LogP contribution in [-0.2, 0) is 4.79 Å². The first-order valence-corrected chi connectivity index (χ1v) is 7.52. The van der Waals surface area contributed by atoms with Crippen molar-refractivity contribution in [3.63, 3.8) is 0 Å². The molecule has 1 saturated heterocycles. The van der Waals surface area contributed by atoms with Crippen LogP contribution in [0.15, 0.2) is 24.3 Å². The number of Topliss-reactive ketones (excluding diaryl/α,β-unsaturated/α-hetero) is 1. The number of carbonyl (C=O) groups excluding carboxylic acids is 1. The van der Waals surface area contributed by atoms with Crippen molar-refractivity contribution in [2.45, 2.75) is 38.2 Å². The maximum atomic E-state index is 12.4. The van der Waals surface area contributed by atoms with Gasteiger partial charge in [-0.25, -0.2) is 0 Å². The summed E-state index contributed by atoms with van der Waals surface area (Å²) in [4.78, 5) is 13.5. The maximum Gasteiger partial charge on any atom is 0.318 e. The number of para-hydroxylation sites is 2. The summed E-state index contributed by atoms with van der Waals surface area (Å²) in [5.41, 5.74) is 0.718. The molecule has 0 amide bonds. The molecule has 1 aromatic rings. The zero-order valence-electron chi connectivity index (χ0n) is 12.2. The fourth-order valence-electron chi connectivity index (χ4n) is 3.38. The Morgan fingerprint density at radius 2 is 2.14 bits per heavy atom. The highest BCUT2D eigenvalue weighted by molar-refractivity contribution is 5.80. The Labute approximate surface area is 124 Å². The lowest BCUT2D eigenvalue weighted by Gasteiger charge is -2.28. The van der Waals surface area contributed by atoms with Crippen LogP contribution in [0.1, 0.15) is 25.7 Å². The predicted octanol–water partition coefficient (Wildman–Crippen LogP) is 2.80. The summed E-state index contributed by atoms with van der Waals surface area (Å²) in [7, 11) is 2.14. The number of ether oxygens (including phenoxy) is 1. The molecule has 1 saturated carbocycles. The molecule has 0 radical (unpaired) electrons. The van der Waals surface area contributed by atoms with Crippen LogP contribution in [0.25, 0.3) is 0 Å². The first-order valence-electron chi connectivity index (χ1n) is 7.52. The van der Waals surface area contributed by atoms with Gasteiger partial charge < -0.3 is 15.0 Å². The van der Waals surface area contributed by atoms with E-state index in [0.29, 0.717) is 17.6 Å². The molecule has 114 valence electrons. The van der Waals surface area contributed by atoms with E-state index in [0.717, 1.165) is 30.9 Å². The SMILES string of the molecule is CN1CCC2CCC(=O)CC21.FC1Nc2ccccc2O1. The lowest BCUT2D eigenvalue weighted by molar-refractivity contribution is -0.122. The second-order valence-corrected chi connectivity index (χ2v) is 5.95. The fraction of sp³-hybridized carbons (Fsp3) is 0.562. The molecule has 0 spiro atoms. The molecular formula is C16H21FN2O2. The minimum absolute atomic E-state index is 0.472. The van der Waals surface area contributed by atoms with Crippen molar-refractivity contribution in [1.82, 2.24) is 4.90 Å². The average molecular weight is 292 g/mol. The van der Waals surface area contributed by atoms with E-state index in [2.05, 4.69) is 17.3 Å². The van der Waals surface area contributed by atoms with Gasteiger partial charge >= 0.3 is 6.48 Å². The molecule has 2 fully saturated rings. The van der Waals surface area contributed by atoms with Gasteiger partial charge in [0.25, 0.3) is 0 Å². The third-order valence-electron chi connectivity index (χ3n) is 4.58. The molecule has 1 aliphatic carbocycles. The summed E-state index contributed by atoms with van der Waals surface area (Å²) >= 11 is 0. The van der Waals surface area contributed by atoms with Crippen molar-refractivity contribution >= 4 is 11.5 Å². The Morgan fingerprint density at radius 1 is 1.33 bits per heavy atom. The Bertz CT molecular complexity index is 498. The molecule has 3 unspecified atom stereocenters. The maximum absolute atomic E-state index is 12.4. The Kier molecular flexibility index (Phi) is 4.10. The summed E-state index contributed by atoms with van der Waals surface area (Å²) < 4.78 is 17.1. The number of alkyl halides is 1. The van der Waals surface area contributed by atoms with Crippen molar-refractivity contribution in [2.24, 2.45) is 5.92 Å². The smallest absolute Gasteiger partial charge is 0.318 e. The van der Waals surface area contributed by atoms with E-state index >= 15 is 0 Å². The van der Waals surface area contributed by atoms with Crippen LogP contribution in [-0.4, -0.2) is 36.8 Å². The Hall–Kier alpha value is -1.62. The van der Waals surface area contributed by atoms with Crippen molar-refractivity contribution in [3.8, 4) is 5.75 Å². The first-order chi connectivity index (χ1) is 10.1. The number of nitrogens with one attached hydrogen (secondary N) is 1. The molecule has 1 N–H and O–H groups in total.